The van der Waals surface area contributed by atoms with Gasteiger partial charge in [-0.05, 0) is 29.3 Å². The molecule has 2 aromatic carbocycles. The van der Waals surface area contributed by atoms with Gasteiger partial charge < -0.3 is 5.32 Å². The third-order valence-electron chi connectivity index (χ3n) is 3.30. The minimum atomic E-state index is -0.353. The summed E-state index contributed by atoms with van der Waals surface area (Å²) in [4.78, 5) is 11.0. The van der Waals surface area contributed by atoms with E-state index in [1.807, 2.05) is 18.2 Å². The molecule has 0 radical (unpaired) electrons. The van der Waals surface area contributed by atoms with E-state index in [0.717, 1.165) is 16.8 Å². The van der Waals surface area contributed by atoms with Crippen LogP contribution in [0.3, 0.4) is 0 Å². The van der Waals surface area contributed by atoms with Crippen molar-refractivity contribution in [2.75, 3.05) is 5.32 Å². The van der Waals surface area contributed by atoms with Gasteiger partial charge in [-0.1, -0.05) is 45.7 Å². The van der Waals surface area contributed by atoms with Crippen LogP contribution in [-0.2, 0) is 11.2 Å². The fourth-order valence-corrected chi connectivity index (χ4v) is 3.48. The van der Waals surface area contributed by atoms with Crippen molar-refractivity contribution in [3.05, 3.63) is 63.9 Å². The summed E-state index contributed by atoms with van der Waals surface area (Å²) >= 11 is 9.57. The number of alkyl halides is 1. The first kappa shape index (κ1) is 13.6. The van der Waals surface area contributed by atoms with Gasteiger partial charge in [0.2, 0.25) is 5.91 Å². The molecule has 1 unspecified atom stereocenters. The highest BCUT2D eigenvalue weighted by atomic mass is 79.9. The molecular weight excluding hydrogens is 345 g/mol. The van der Waals surface area contributed by atoms with Crippen LogP contribution < -0.4 is 5.32 Å². The highest BCUT2D eigenvalue weighted by Gasteiger charge is 2.22. The van der Waals surface area contributed by atoms with Crippen molar-refractivity contribution in [1.82, 2.24) is 0 Å². The highest BCUT2D eigenvalue weighted by molar-refractivity contribution is 9.09. The van der Waals surface area contributed by atoms with E-state index in [4.69, 9.17) is 11.6 Å². The Bertz CT molecular complexity index is 684. The maximum Gasteiger partial charge on any atom is 0.228 e. The van der Waals surface area contributed by atoms with Crippen molar-refractivity contribution in [3.8, 4) is 0 Å². The number of hydrogen-bond acceptors (Lipinski definition) is 1. The number of rotatable bonds is 2. The van der Waals surface area contributed by atoms with E-state index >= 15 is 0 Å². The molecule has 2 nitrogen and oxygen atoms in total. The van der Waals surface area contributed by atoms with Crippen LogP contribution >= 0.6 is 27.5 Å². The second-order valence-electron chi connectivity index (χ2n) is 4.64. The molecule has 1 aliphatic rings. The molecule has 1 amide bonds. The number of carbonyl (C=O) groups excluding carboxylic acids is 1. The summed E-state index contributed by atoms with van der Waals surface area (Å²) in [6.07, 6.45) is 0.355. The van der Waals surface area contributed by atoms with Gasteiger partial charge in [0.1, 0.15) is 5.82 Å². The molecule has 0 aliphatic carbocycles. The number of nitrogens with one attached hydrogen (secondary N) is 1. The standard InChI is InChI=1S/C15H10BrClFNO/c16-15(14-10(17)2-1-3-11(14)18)8-4-5-12-9(6-8)7-13(20)19-12/h1-6,15H,7H2,(H,19,20). The maximum atomic E-state index is 13.9. The Morgan fingerprint density at radius 2 is 2.10 bits per heavy atom. The number of benzene rings is 2. The van der Waals surface area contributed by atoms with Crippen molar-refractivity contribution in [3.63, 3.8) is 0 Å². The summed E-state index contributed by atoms with van der Waals surface area (Å²) in [6, 6.07) is 10.2. The molecule has 1 aliphatic heterocycles. The lowest BCUT2D eigenvalue weighted by Crippen LogP contribution is -2.03. The van der Waals surface area contributed by atoms with E-state index in [9.17, 15) is 9.18 Å². The zero-order valence-corrected chi connectivity index (χ0v) is 12.6. The molecule has 1 N–H and O–H groups in total. The van der Waals surface area contributed by atoms with Gasteiger partial charge in [0.25, 0.3) is 0 Å². The van der Waals surface area contributed by atoms with Crippen LogP contribution in [0.1, 0.15) is 21.5 Å². The van der Waals surface area contributed by atoms with Crippen LogP contribution in [0.2, 0.25) is 5.02 Å². The molecule has 0 saturated heterocycles. The number of hydrogen-bond donors (Lipinski definition) is 1. The van der Waals surface area contributed by atoms with Gasteiger partial charge in [-0.3, -0.25) is 4.79 Å². The second-order valence-corrected chi connectivity index (χ2v) is 5.96. The molecule has 0 fully saturated rings. The fourth-order valence-electron chi connectivity index (χ4n) is 2.33. The molecule has 102 valence electrons. The summed E-state index contributed by atoms with van der Waals surface area (Å²) in [7, 11) is 0. The van der Waals surface area contributed by atoms with Gasteiger partial charge in [-0.15, -0.1) is 0 Å². The van der Waals surface area contributed by atoms with E-state index in [-0.39, 0.29) is 16.6 Å². The predicted octanol–water partition coefficient (Wildman–Crippen LogP) is 4.46. The smallest absolute Gasteiger partial charge is 0.228 e. The number of fused-ring (bicyclic) bond motifs is 1. The van der Waals surface area contributed by atoms with Crippen molar-refractivity contribution in [2.45, 2.75) is 11.2 Å². The molecule has 0 spiro atoms. The maximum absolute atomic E-state index is 13.9. The molecule has 20 heavy (non-hydrogen) atoms. The molecule has 1 heterocycles. The number of carbonyl (C=O) groups is 1. The second kappa shape index (κ2) is 5.19. The van der Waals surface area contributed by atoms with Gasteiger partial charge in [-0.2, -0.15) is 0 Å². The Hall–Kier alpha value is -1.39. The number of halogens is 3. The normalized spacial score (nSPS) is 14.8. The zero-order valence-electron chi connectivity index (χ0n) is 10.3. The third-order valence-corrected chi connectivity index (χ3v) is 4.62. The summed E-state index contributed by atoms with van der Waals surface area (Å²) in [6.45, 7) is 0. The van der Waals surface area contributed by atoms with Gasteiger partial charge >= 0.3 is 0 Å². The van der Waals surface area contributed by atoms with Crippen LogP contribution in [0.15, 0.2) is 36.4 Å². The molecule has 0 saturated carbocycles. The van der Waals surface area contributed by atoms with E-state index in [1.54, 1.807) is 12.1 Å². The zero-order chi connectivity index (χ0) is 14.3. The molecule has 0 bridgehead atoms. The van der Waals surface area contributed by atoms with Crippen molar-refractivity contribution in [2.24, 2.45) is 0 Å². The van der Waals surface area contributed by atoms with Gasteiger partial charge in [0.05, 0.1) is 11.2 Å². The van der Waals surface area contributed by atoms with E-state index in [2.05, 4.69) is 21.2 Å². The van der Waals surface area contributed by atoms with Crippen molar-refractivity contribution < 1.29 is 9.18 Å². The Kier molecular flexibility index (Phi) is 3.52. The molecular formula is C15H10BrClFNO. The summed E-state index contributed by atoms with van der Waals surface area (Å²) in [5.74, 6) is -0.374. The van der Waals surface area contributed by atoms with Crippen LogP contribution in [0.25, 0.3) is 0 Å². The predicted molar refractivity (Wildman–Crippen MR) is 81.0 cm³/mol. The first-order valence-electron chi connectivity index (χ1n) is 6.07. The van der Waals surface area contributed by atoms with Crippen LogP contribution in [-0.4, -0.2) is 5.91 Å². The van der Waals surface area contributed by atoms with E-state index in [0.29, 0.717) is 17.0 Å². The topological polar surface area (TPSA) is 29.1 Å². The van der Waals surface area contributed by atoms with Crippen molar-refractivity contribution >= 4 is 39.1 Å². The monoisotopic (exact) mass is 353 g/mol. The Labute approximate surface area is 129 Å². The number of amides is 1. The lowest BCUT2D eigenvalue weighted by atomic mass is 10.0. The van der Waals surface area contributed by atoms with E-state index < -0.39 is 0 Å². The van der Waals surface area contributed by atoms with Gasteiger partial charge in [-0.25, -0.2) is 4.39 Å². The minimum absolute atomic E-state index is 0.0211. The minimum Gasteiger partial charge on any atom is -0.326 e. The fraction of sp³-hybridized carbons (Fsp3) is 0.133. The lowest BCUT2D eigenvalue weighted by Gasteiger charge is -2.14. The average molecular weight is 355 g/mol. The first-order valence-corrected chi connectivity index (χ1v) is 7.36. The molecule has 3 rings (SSSR count). The Morgan fingerprint density at radius 1 is 1.30 bits per heavy atom. The number of anilines is 1. The third kappa shape index (κ3) is 2.34. The molecule has 2 aromatic rings. The van der Waals surface area contributed by atoms with E-state index in [1.165, 1.54) is 6.07 Å². The molecule has 0 aromatic heterocycles. The van der Waals surface area contributed by atoms with Gasteiger partial charge in [0.15, 0.2) is 0 Å². The first-order chi connectivity index (χ1) is 9.56. The average Bonchev–Trinajstić information content (AvgIpc) is 2.77. The Balaban J connectivity index is 2.02. The highest BCUT2D eigenvalue weighted by Crippen LogP contribution is 2.38. The lowest BCUT2D eigenvalue weighted by molar-refractivity contribution is -0.115. The quantitative estimate of drug-likeness (QED) is 0.793. The summed E-state index contributed by atoms with van der Waals surface area (Å²) in [5.41, 5.74) is 3.01. The largest absolute Gasteiger partial charge is 0.326 e. The van der Waals surface area contributed by atoms with Crippen LogP contribution in [0.5, 0.6) is 0 Å². The molecule has 1 atom stereocenters. The van der Waals surface area contributed by atoms with Gasteiger partial charge in [0, 0.05) is 16.3 Å². The summed E-state index contributed by atoms with van der Waals surface area (Å²) < 4.78 is 13.9. The van der Waals surface area contributed by atoms with Crippen LogP contribution in [0.4, 0.5) is 10.1 Å². The van der Waals surface area contributed by atoms with Crippen molar-refractivity contribution in [1.29, 1.82) is 0 Å². The molecule has 5 heteroatoms. The Morgan fingerprint density at radius 3 is 2.85 bits per heavy atom. The summed E-state index contributed by atoms with van der Waals surface area (Å²) in [5, 5.41) is 3.15. The van der Waals surface area contributed by atoms with Crippen LogP contribution in [0, 0.1) is 5.82 Å². The SMILES string of the molecule is O=C1Cc2cc(C(Br)c3c(F)cccc3Cl)ccc2N1.